The average molecular weight is 336 g/mol. The lowest BCUT2D eigenvalue weighted by Gasteiger charge is -2.11. The van der Waals surface area contributed by atoms with Gasteiger partial charge >= 0.3 is 0 Å². The molecule has 0 atom stereocenters. The monoisotopic (exact) mass is 335 g/mol. The second kappa shape index (κ2) is 5.44. The van der Waals surface area contributed by atoms with E-state index in [0.717, 1.165) is 12.0 Å². The van der Waals surface area contributed by atoms with Crippen LogP contribution in [0.4, 0.5) is 10.1 Å². The molecule has 2 nitrogen and oxygen atoms in total. The normalized spacial score (nSPS) is 13.3. The first-order valence-electron chi connectivity index (χ1n) is 6.61. The van der Waals surface area contributed by atoms with Gasteiger partial charge in [0, 0.05) is 6.07 Å². The Hall–Kier alpha value is -1.55. The second-order valence-corrected chi connectivity index (χ2v) is 5.90. The van der Waals surface area contributed by atoms with Crippen molar-refractivity contribution in [3.8, 4) is 5.75 Å². The summed E-state index contributed by atoms with van der Waals surface area (Å²) in [5.41, 5.74) is 10.2. The molecule has 1 aliphatic carbocycles. The first-order valence-corrected chi connectivity index (χ1v) is 7.41. The summed E-state index contributed by atoms with van der Waals surface area (Å²) >= 11 is 3.10. The number of halogens is 2. The molecule has 0 aliphatic heterocycles. The molecule has 20 heavy (non-hydrogen) atoms. The molecule has 0 spiro atoms. The number of nitrogen functional groups attached to an aromatic ring is 1. The molecular formula is C16H15BrFNO. The average Bonchev–Trinajstić information content (AvgIpc) is 2.89. The maximum absolute atomic E-state index is 13.5. The highest BCUT2D eigenvalue weighted by atomic mass is 79.9. The summed E-state index contributed by atoms with van der Waals surface area (Å²) < 4.78 is 19.5. The summed E-state index contributed by atoms with van der Waals surface area (Å²) in [5, 5.41) is 0. The van der Waals surface area contributed by atoms with Crippen molar-refractivity contribution < 1.29 is 9.13 Å². The molecule has 104 valence electrons. The van der Waals surface area contributed by atoms with Crippen molar-refractivity contribution in [2.75, 3.05) is 5.73 Å². The number of rotatable bonds is 3. The van der Waals surface area contributed by atoms with E-state index < -0.39 is 0 Å². The molecular weight excluding hydrogens is 321 g/mol. The van der Waals surface area contributed by atoms with E-state index >= 15 is 0 Å². The Bertz CT molecular complexity index is 657. The molecule has 0 fully saturated rings. The van der Waals surface area contributed by atoms with Gasteiger partial charge in [0.2, 0.25) is 0 Å². The number of aryl methyl sites for hydroxylation is 2. The van der Waals surface area contributed by atoms with Crippen molar-refractivity contribution in [2.45, 2.75) is 25.9 Å². The highest BCUT2D eigenvalue weighted by molar-refractivity contribution is 9.10. The van der Waals surface area contributed by atoms with E-state index in [1.165, 1.54) is 36.1 Å². The largest absolute Gasteiger partial charge is 0.487 e. The van der Waals surface area contributed by atoms with E-state index in [-0.39, 0.29) is 5.82 Å². The van der Waals surface area contributed by atoms with Crippen LogP contribution in [0.25, 0.3) is 0 Å². The maximum Gasteiger partial charge on any atom is 0.145 e. The molecule has 0 saturated carbocycles. The zero-order valence-electron chi connectivity index (χ0n) is 11.0. The van der Waals surface area contributed by atoms with E-state index in [2.05, 4.69) is 34.1 Å². The third-order valence-corrected chi connectivity index (χ3v) is 4.22. The van der Waals surface area contributed by atoms with Gasteiger partial charge in [-0.2, -0.15) is 0 Å². The third-order valence-electron chi connectivity index (χ3n) is 3.61. The van der Waals surface area contributed by atoms with Crippen LogP contribution in [0.1, 0.15) is 23.1 Å². The Morgan fingerprint density at radius 1 is 1.15 bits per heavy atom. The molecule has 0 unspecified atom stereocenters. The third kappa shape index (κ3) is 2.66. The van der Waals surface area contributed by atoms with E-state index in [4.69, 9.17) is 10.5 Å². The second-order valence-electron chi connectivity index (χ2n) is 5.05. The fraction of sp³-hybridized carbons (Fsp3) is 0.250. The van der Waals surface area contributed by atoms with Crippen molar-refractivity contribution in [1.29, 1.82) is 0 Å². The molecule has 2 N–H and O–H groups in total. The highest BCUT2D eigenvalue weighted by Gasteiger charge is 2.12. The number of hydrogen-bond donors (Lipinski definition) is 1. The molecule has 1 aliphatic rings. The molecule has 2 aromatic carbocycles. The molecule has 0 radical (unpaired) electrons. The lowest BCUT2D eigenvalue weighted by atomic mass is 10.1. The van der Waals surface area contributed by atoms with E-state index in [0.29, 0.717) is 22.5 Å². The zero-order valence-corrected chi connectivity index (χ0v) is 12.5. The van der Waals surface area contributed by atoms with Gasteiger partial charge in [-0.15, -0.1) is 0 Å². The molecule has 3 rings (SSSR count). The van der Waals surface area contributed by atoms with Gasteiger partial charge in [0.15, 0.2) is 0 Å². The lowest BCUT2D eigenvalue weighted by molar-refractivity contribution is 0.306. The first kappa shape index (κ1) is 13.4. The van der Waals surface area contributed by atoms with Gasteiger partial charge in [-0.25, -0.2) is 4.39 Å². The summed E-state index contributed by atoms with van der Waals surface area (Å²) in [4.78, 5) is 0. The highest BCUT2D eigenvalue weighted by Crippen LogP contribution is 2.29. The lowest BCUT2D eigenvalue weighted by Crippen LogP contribution is -2.00. The molecule has 0 saturated heterocycles. The van der Waals surface area contributed by atoms with Gasteiger partial charge in [-0.1, -0.05) is 18.2 Å². The summed E-state index contributed by atoms with van der Waals surface area (Å²) in [5.74, 6) is 0.00866. The maximum atomic E-state index is 13.5. The van der Waals surface area contributed by atoms with Crippen LogP contribution in [-0.4, -0.2) is 0 Å². The topological polar surface area (TPSA) is 35.2 Å². The van der Waals surface area contributed by atoms with E-state index in [9.17, 15) is 4.39 Å². The number of benzene rings is 2. The quantitative estimate of drug-likeness (QED) is 0.851. The number of ether oxygens (including phenoxy) is 1. The number of fused-ring (bicyclic) bond motifs is 1. The van der Waals surface area contributed by atoms with Crippen molar-refractivity contribution >= 4 is 21.6 Å². The fourth-order valence-corrected chi connectivity index (χ4v) is 2.91. The molecule has 0 bridgehead atoms. The number of hydrogen-bond acceptors (Lipinski definition) is 2. The zero-order chi connectivity index (χ0) is 14.1. The molecule has 2 aromatic rings. The van der Waals surface area contributed by atoms with Gasteiger partial charge in [0.25, 0.3) is 0 Å². The smallest absolute Gasteiger partial charge is 0.145 e. The van der Waals surface area contributed by atoms with E-state index in [1.807, 2.05) is 0 Å². The Morgan fingerprint density at radius 2 is 1.95 bits per heavy atom. The standard InChI is InChI=1S/C16H15BrFNO/c17-13-7-15(19)16(8-14(13)18)20-9-10-4-5-11-2-1-3-12(11)6-10/h4-8H,1-3,9,19H2. The first-order chi connectivity index (χ1) is 9.63. The number of nitrogens with two attached hydrogens (primary N) is 1. The summed E-state index contributed by atoms with van der Waals surface area (Å²) in [6.45, 7) is 0.401. The van der Waals surface area contributed by atoms with Crippen molar-refractivity contribution in [2.24, 2.45) is 0 Å². The Morgan fingerprint density at radius 3 is 2.80 bits per heavy atom. The Labute approximate surface area is 125 Å². The van der Waals surface area contributed by atoms with E-state index in [1.54, 1.807) is 0 Å². The fourth-order valence-electron chi connectivity index (χ4n) is 2.55. The molecule has 0 aromatic heterocycles. The van der Waals surface area contributed by atoms with Crippen molar-refractivity contribution in [3.63, 3.8) is 0 Å². The molecule has 0 heterocycles. The van der Waals surface area contributed by atoms with Crippen LogP contribution in [0.5, 0.6) is 5.75 Å². The minimum Gasteiger partial charge on any atom is -0.487 e. The molecule has 0 amide bonds. The molecule has 4 heteroatoms. The SMILES string of the molecule is Nc1cc(Br)c(F)cc1OCc1ccc2c(c1)CCC2. The van der Waals surface area contributed by atoms with Crippen LogP contribution in [-0.2, 0) is 19.4 Å². The van der Waals surface area contributed by atoms with Gasteiger partial charge in [0.05, 0.1) is 10.2 Å². The minimum atomic E-state index is -0.372. The van der Waals surface area contributed by atoms with Crippen molar-refractivity contribution in [1.82, 2.24) is 0 Å². The van der Waals surface area contributed by atoms with Crippen LogP contribution in [0.3, 0.4) is 0 Å². The summed E-state index contributed by atoms with van der Waals surface area (Å²) in [6, 6.07) is 9.23. The minimum absolute atomic E-state index is 0.347. The number of anilines is 1. The van der Waals surface area contributed by atoms with Crippen molar-refractivity contribution in [3.05, 3.63) is 57.3 Å². The van der Waals surface area contributed by atoms with Gasteiger partial charge in [-0.05, 0) is 57.9 Å². The van der Waals surface area contributed by atoms with Crippen LogP contribution >= 0.6 is 15.9 Å². The van der Waals surface area contributed by atoms with Crippen LogP contribution in [0.2, 0.25) is 0 Å². The predicted molar refractivity (Wildman–Crippen MR) is 81.3 cm³/mol. The summed E-state index contributed by atoms with van der Waals surface area (Å²) in [6.07, 6.45) is 3.53. The van der Waals surface area contributed by atoms with Gasteiger partial charge in [-0.3, -0.25) is 0 Å². The Kier molecular flexibility index (Phi) is 3.66. The summed E-state index contributed by atoms with van der Waals surface area (Å²) in [7, 11) is 0. The van der Waals surface area contributed by atoms with Crippen LogP contribution < -0.4 is 10.5 Å². The van der Waals surface area contributed by atoms with Crippen LogP contribution in [0, 0.1) is 5.82 Å². The Balaban J connectivity index is 1.75. The predicted octanol–water partition coefficient (Wildman–Crippen LogP) is 4.24. The van der Waals surface area contributed by atoms with Gasteiger partial charge in [0.1, 0.15) is 18.2 Å². The van der Waals surface area contributed by atoms with Crippen LogP contribution in [0.15, 0.2) is 34.8 Å². The van der Waals surface area contributed by atoms with Gasteiger partial charge < -0.3 is 10.5 Å².